The molecular weight excluding hydrogens is 326 g/mol. The third kappa shape index (κ3) is 3.86. The van der Waals surface area contributed by atoms with E-state index in [1.54, 1.807) is 66.7 Å². The highest BCUT2D eigenvalue weighted by Crippen LogP contribution is 2.25. The van der Waals surface area contributed by atoms with Crippen molar-refractivity contribution in [3.05, 3.63) is 83.4 Å². The predicted molar refractivity (Wildman–Crippen MR) is 94.0 cm³/mol. The number of phenols is 1. The number of rotatable bonds is 4. The molecule has 0 spiro atoms. The molecule has 1 amide bonds. The van der Waals surface area contributed by atoms with E-state index in [9.17, 15) is 9.90 Å². The zero-order valence-corrected chi connectivity index (χ0v) is 13.3. The summed E-state index contributed by atoms with van der Waals surface area (Å²) in [5, 5.41) is 13.1. The first-order chi connectivity index (χ1) is 11.6. The van der Waals surface area contributed by atoms with Gasteiger partial charge in [0.15, 0.2) is 0 Å². The molecule has 120 valence electrons. The first-order valence-corrected chi connectivity index (χ1v) is 7.62. The van der Waals surface area contributed by atoms with Crippen LogP contribution in [-0.2, 0) is 0 Å². The van der Waals surface area contributed by atoms with Gasteiger partial charge in [-0.15, -0.1) is 0 Å². The fraction of sp³-hybridized carbons (Fsp3) is 0. The molecule has 0 atom stereocenters. The van der Waals surface area contributed by atoms with Gasteiger partial charge in [0.05, 0.1) is 5.56 Å². The second kappa shape index (κ2) is 7.06. The molecule has 0 saturated heterocycles. The van der Waals surface area contributed by atoms with Gasteiger partial charge < -0.3 is 15.2 Å². The molecule has 0 aliphatic rings. The lowest BCUT2D eigenvalue weighted by Gasteiger charge is -2.09. The van der Waals surface area contributed by atoms with Gasteiger partial charge in [-0.25, -0.2) is 0 Å². The Morgan fingerprint density at radius 2 is 1.46 bits per heavy atom. The monoisotopic (exact) mass is 339 g/mol. The average Bonchev–Trinajstić information content (AvgIpc) is 2.59. The van der Waals surface area contributed by atoms with Crippen molar-refractivity contribution < 1.29 is 14.6 Å². The van der Waals surface area contributed by atoms with Crippen LogP contribution in [0.3, 0.4) is 0 Å². The lowest BCUT2D eigenvalue weighted by Crippen LogP contribution is -2.11. The Bertz CT molecular complexity index is 845. The standard InChI is InChI=1S/C19H14ClNO3/c20-13-5-9-15(10-6-13)24-16-11-7-14(8-12-16)21-19(23)17-3-1-2-4-18(17)22/h1-12,22H,(H,21,23). The summed E-state index contributed by atoms with van der Waals surface area (Å²) in [6.07, 6.45) is 0. The van der Waals surface area contributed by atoms with Gasteiger partial charge in [-0.1, -0.05) is 23.7 Å². The highest BCUT2D eigenvalue weighted by atomic mass is 35.5. The van der Waals surface area contributed by atoms with Gasteiger partial charge in [0.25, 0.3) is 5.91 Å². The summed E-state index contributed by atoms with van der Waals surface area (Å²) < 4.78 is 5.69. The number of ether oxygens (including phenoxy) is 1. The molecule has 4 nitrogen and oxygen atoms in total. The zero-order chi connectivity index (χ0) is 16.9. The Morgan fingerprint density at radius 3 is 2.08 bits per heavy atom. The van der Waals surface area contributed by atoms with Crippen molar-refractivity contribution in [3.8, 4) is 17.2 Å². The van der Waals surface area contributed by atoms with Crippen LogP contribution in [0.15, 0.2) is 72.8 Å². The fourth-order valence-corrected chi connectivity index (χ4v) is 2.24. The summed E-state index contributed by atoms with van der Waals surface area (Å²) in [6, 6.07) is 20.4. The number of phenolic OH excluding ortho intramolecular Hbond substituents is 1. The van der Waals surface area contributed by atoms with Crippen LogP contribution in [0.1, 0.15) is 10.4 Å². The molecule has 0 radical (unpaired) electrons. The van der Waals surface area contributed by atoms with Gasteiger partial charge in [0.1, 0.15) is 17.2 Å². The molecule has 5 heteroatoms. The highest BCUT2D eigenvalue weighted by molar-refractivity contribution is 6.30. The number of aromatic hydroxyl groups is 1. The Labute approximate surface area is 144 Å². The van der Waals surface area contributed by atoms with E-state index in [0.29, 0.717) is 22.2 Å². The number of para-hydroxylation sites is 1. The molecule has 0 fully saturated rings. The molecule has 0 aliphatic carbocycles. The van der Waals surface area contributed by atoms with Crippen LogP contribution in [0.4, 0.5) is 5.69 Å². The number of nitrogens with one attached hydrogen (secondary N) is 1. The van der Waals surface area contributed by atoms with E-state index < -0.39 is 0 Å². The largest absolute Gasteiger partial charge is 0.507 e. The minimum absolute atomic E-state index is 0.0577. The first kappa shape index (κ1) is 15.9. The maximum atomic E-state index is 12.1. The van der Waals surface area contributed by atoms with Crippen LogP contribution in [0.2, 0.25) is 5.02 Å². The Morgan fingerprint density at radius 1 is 0.875 bits per heavy atom. The summed E-state index contributed by atoms with van der Waals surface area (Å²) in [5.41, 5.74) is 0.825. The number of hydrogen-bond acceptors (Lipinski definition) is 3. The van der Waals surface area contributed by atoms with E-state index in [1.807, 2.05) is 0 Å². The van der Waals surface area contributed by atoms with Crippen molar-refractivity contribution in [2.45, 2.75) is 0 Å². The molecule has 3 rings (SSSR count). The van der Waals surface area contributed by atoms with E-state index in [4.69, 9.17) is 16.3 Å². The summed E-state index contributed by atoms with van der Waals surface area (Å²) in [5.74, 6) is 0.875. The fourth-order valence-electron chi connectivity index (χ4n) is 2.11. The Hall–Kier alpha value is -2.98. The molecule has 2 N–H and O–H groups in total. The SMILES string of the molecule is O=C(Nc1ccc(Oc2ccc(Cl)cc2)cc1)c1ccccc1O. The van der Waals surface area contributed by atoms with Gasteiger partial charge >= 0.3 is 0 Å². The highest BCUT2D eigenvalue weighted by Gasteiger charge is 2.10. The van der Waals surface area contributed by atoms with E-state index in [2.05, 4.69) is 5.32 Å². The second-order valence-corrected chi connectivity index (χ2v) is 5.49. The van der Waals surface area contributed by atoms with E-state index in [-0.39, 0.29) is 17.2 Å². The summed E-state index contributed by atoms with van der Waals surface area (Å²) in [6.45, 7) is 0. The van der Waals surface area contributed by atoms with Crippen LogP contribution in [0.25, 0.3) is 0 Å². The van der Waals surface area contributed by atoms with Crippen LogP contribution in [0, 0.1) is 0 Å². The van der Waals surface area contributed by atoms with Gasteiger partial charge in [-0.3, -0.25) is 4.79 Å². The number of halogens is 1. The summed E-state index contributed by atoms with van der Waals surface area (Å²) in [4.78, 5) is 12.1. The van der Waals surface area contributed by atoms with Gasteiger partial charge in [-0.2, -0.15) is 0 Å². The van der Waals surface area contributed by atoms with E-state index >= 15 is 0 Å². The number of carbonyl (C=O) groups is 1. The summed E-state index contributed by atoms with van der Waals surface area (Å²) in [7, 11) is 0. The van der Waals surface area contributed by atoms with Crippen molar-refractivity contribution in [1.29, 1.82) is 0 Å². The molecule has 0 bridgehead atoms. The van der Waals surface area contributed by atoms with Gasteiger partial charge in [-0.05, 0) is 60.7 Å². The second-order valence-electron chi connectivity index (χ2n) is 5.05. The van der Waals surface area contributed by atoms with Crippen LogP contribution >= 0.6 is 11.6 Å². The normalized spacial score (nSPS) is 10.2. The van der Waals surface area contributed by atoms with Gasteiger partial charge in [0, 0.05) is 10.7 Å². The molecule has 0 unspecified atom stereocenters. The number of hydrogen-bond donors (Lipinski definition) is 2. The third-order valence-corrected chi connectivity index (χ3v) is 3.56. The molecule has 3 aromatic carbocycles. The molecule has 0 heterocycles. The predicted octanol–water partition coefficient (Wildman–Crippen LogP) is 5.09. The molecular formula is C19H14ClNO3. The number of carbonyl (C=O) groups excluding carboxylic acids is 1. The third-order valence-electron chi connectivity index (χ3n) is 3.31. The first-order valence-electron chi connectivity index (χ1n) is 7.25. The Balaban J connectivity index is 1.67. The van der Waals surface area contributed by atoms with Crippen molar-refractivity contribution in [2.24, 2.45) is 0 Å². The van der Waals surface area contributed by atoms with Crippen molar-refractivity contribution in [3.63, 3.8) is 0 Å². The van der Waals surface area contributed by atoms with E-state index in [1.165, 1.54) is 6.07 Å². The Kier molecular flexibility index (Phi) is 4.68. The summed E-state index contributed by atoms with van der Waals surface area (Å²) >= 11 is 5.83. The van der Waals surface area contributed by atoms with Crippen molar-refractivity contribution in [1.82, 2.24) is 0 Å². The topological polar surface area (TPSA) is 58.6 Å². The van der Waals surface area contributed by atoms with E-state index in [0.717, 1.165) is 0 Å². The van der Waals surface area contributed by atoms with Crippen LogP contribution < -0.4 is 10.1 Å². The lowest BCUT2D eigenvalue weighted by molar-refractivity contribution is 0.102. The maximum Gasteiger partial charge on any atom is 0.259 e. The minimum atomic E-state index is -0.375. The molecule has 0 aromatic heterocycles. The number of anilines is 1. The molecule has 24 heavy (non-hydrogen) atoms. The zero-order valence-electron chi connectivity index (χ0n) is 12.6. The maximum absolute atomic E-state index is 12.1. The number of benzene rings is 3. The van der Waals surface area contributed by atoms with Crippen molar-refractivity contribution in [2.75, 3.05) is 5.32 Å². The molecule has 0 aliphatic heterocycles. The van der Waals surface area contributed by atoms with Crippen LogP contribution in [0.5, 0.6) is 17.2 Å². The van der Waals surface area contributed by atoms with Crippen molar-refractivity contribution >= 4 is 23.2 Å². The molecule has 0 saturated carbocycles. The number of amides is 1. The minimum Gasteiger partial charge on any atom is -0.507 e. The average molecular weight is 340 g/mol. The smallest absolute Gasteiger partial charge is 0.259 e. The van der Waals surface area contributed by atoms with Gasteiger partial charge in [0.2, 0.25) is 0 Å². The quantitative estimate of drug-likeness (QED) is 0.696. The molecule has 3 aromatic rings. The lowest BCUT2D eigenvalue weighted by atomic mass is 10.2. The van der Waals surface area contributed by atoms with Crippen LogP contribution in [-0.4, -0.2) is 11.0 Å².